The monoisotopic (exact) mass is 220 g/mol. The molecule has 2 unspecified atom stereocenters. The molecule has 88 valence electrons. The summed E-state index contributed by atoms with van der Waals surface area (Å²) in [6.07, 6.45) is 9.09. The van der Waals surface area contributed by atoms with Crippen molar-refractivity contribution in [1.82, 2.24) is 0 Å². The number of fused-ring (bicyclic) bond motifs is 2. The lowest BCUT2D eigenvalue weighted by Gasteiger charge is -2.14. The first-order valence-corrected chi connectivity index (χ1v) is 6.38. The molecule has 0 aliphatic heterocycles. The van der Waals surface area contributed by atoms with E-state index in [-0.39, 0.29) is 5.97 Å². The van der Waals surface area contributed by atoms with Gasteiger partial charge in [0.25, 0.3) is 0 Å². The lowest BCUT2D eigenvalue weighted by Crippen LogP contribution is -2.09. The van der Waals surface area contributed by atoms with Gasteiger partial charge in [-0.05, 0) is 24.8 Å². The van der Waals surface area contributed by atoms with Crippen LogP contribution < -0.4 is 0 Å². The molecule has 0 fully saturated rings. The van der Waals surface area contributed by atoms with Gasteiger partial charge in [0.05, 0.1) is 0 Å². The second kappa shape index (κ2) is 4.86. The Labute approximate surface area is 97.4 Å². The minimum absolute atomic E-state index is 0.0521. The Bertz CT molecular complexity index is 339. The van der Waals surface area contributed by atoms with Crippen LogP contribution in [0.4, 0.5) is 0 Å². The molecular formula is C14H20O2. The van der Waals surface area contributed by atoms with E-state index in [2.05, 4.69) is 26.0 Å². The molecular weight excluding hydrogens is 200 g/mol. The van der Waals surface area contributed by atoms with Crippen molar-refractivity contribution in [2.24, 2.45) is 11.8 Å². The topological polar surface area (TPSA) is 26.3 Å². The number of hydrogen-bond acceptors (Lipinski definition) is 2. The summed E-state index contributed by atoms with van der Waals surface area (Å²) < 4.78 is 5.54. The van der Waals surface area contributed by atoms with Crippen LogP contribution in [0.3, 0.4) is 0 Å². The average Bonchev–Trinajstić information content (AvgIpc) is 2.86. The maximum absolute atomic E-state index is 11.6. The molecule has 0 saturated heterocycles. The molecule has 16 heavy (non-hydrogen) atoms. The van der Waals surface area contributed by atoms with Gasteiger partial charge in [-0.3, -0.25) is 4.79 Å². The summed E-state index contributed by atoms with van der Waals surface area (Å²) in [5.41, 5.74) is 1.34. The summed E-state index contributed by atoms with van der Waals surface area (Å²) in [7, 11) is 0. The van der Waals surface area contributed by atoms with E-state index in [1.165, 1.54) is 5.57 Å². The zero-order valence-electron chi connectivity index (χ0n) is 10.2. The molecule has 2 nitrogen and oxygen atoms in total. The van der Waals surface area contributed by atoms with Crippen molar-refractivity contribution in [2.75, 3.05) is 0 Å². The maximum Gasteiger partial charge on any atom is 0.310 e. The van der Waals surface area contributed by atoms with Crippen LogP contribution >= 0.6 is 0 Å². The van der Waals surface area contributed by atoms with Crippen LogP contribution in [-0.2, 0) is 9.53 Å². The fourth-order valence-corrected chi connectivity index (χ4v) is 2.65. The van der Waals surface area contributed by atoms with E-state index in [1.54, 1.807) is 0 Å². The summed E-state index contributed by atoms with van der Waals surface area (Å²) in [6, 6.07) is 0. The zero-order chi connectivity index (χ0) is 11.5. The standard InChI is InChI=1S/C14H20O2/c1-3-5-6-13(15)16-14-11-8-7-10(9-11)12(14)4-2/h7-8,10-11H,3-6,9H2,1-2H3. The summed E-state index contributed by atoms with van der Waals surface area (Å²) in [5, 5.41) is 0. The van der Waals surface area contributed by atoms with Crippen molar-refractivity contribution >= 4 is 5.97 Å². The molecule has 0 heterocycles. The SMILES string of the molecule is CCCCC(=O)OC1=C(CC)C2C=CC1C2. The van der Waals surface area contributed by atoms with Gasteiger partial charge in [-0.15, -0.1) is 0 Å². The molecule has 2 atom stereocenters. The first kappa shape index (κ1) is 11.4. The molecule has 2 bridgehead atoms. The number of allylic oxidation sites excluding steroid dienone is 3. The smallest absolute Gasteiger partial charge is 0.310 e. The van der Waals surface area contributed by atoms with Gasteiger partial charge in [0, 0.05) is 18.3 Å². The van der Waals surface area contributed by atoms with E-state index >= 15 is 0 Å². The average molecular weight is 220 g/mol. The Kier molecular flexibility index (Phi) is 3.47. The fourth-order valence-electron chi connectivity index (χ4n) is 2.65. The Morgan fingerprint density at radius 2 is 2.12 bits per heavy atom. The summed E-state index contributed by atoms with van der Waals surface area (Å²) >= 11 is 0. The molecule has 2 heteroatoms. The van der Waals surface area contributed by atoms with Crippen LogP contribution in [0.15, 0.2) is 23.5 Å². The van der Waals surface area contributed by atoms with E-state index in [4.69, 9.17) is 4.74 Å². The van der Waals surface area contributed by atoms with Crippen molar-refractivity contribution in [3.63, 3.8) is 0 Å². The Morgan fingerprint density at radius 1 is 1.38 bits per heavy atom. The van der Waals surface area contributed by atoms with Gasteiger partial charge < -0.3 is 4.74 Å². The van der Waals surface area contributed by atoms with Gasteiger partial charge in [0.1, 0.15) is 5.76 Å². The van der Waals surface area contributed by atoms with Crippen molar-refractivity contribution in [2.45, 2.75) is 46.0 Å². The highest BCUT2D eigenvalue weighted by atomic mass is 16.5. The highest BCUT2D eigenvalue weighted by Gasteiger charge is 2.36. The molecule has 0 saturated carbocycles. The van der Waals surface area contributed by atoms with Crippen LogP contribution in [0.2, 0.25) is 0 Å². The quantitative estimate of drug-likeness (QED) is 0.523. The third kappa shape index (κ3) is 2.06. The molecule has 0 spiro atoms. The molecule has 2 aliphatic rings. The normalized spacial score (nSPS) is 26.6. The van der Waals surface area contributed by atoms with Gasteiger partial charge in [-0.2, -0.15) is 0 Å². The lowest BCUT2D eigenvalue weighted by molar-refractivity contribution is -0.140. The molecule has 0 amide bonds. The van der Waals surface area contributed by atoms with Crippen molar-refractivity contribution in [1.29, 1.82) is 0 Å². The van der Waals surface area contributed by atoms with Crippen molar-refractivity contribution in [3.8, 4) is 0 Å². The van der Waals surface area contributed by atoms with Gasteiger partial charge in [-0.25, -0.2) is 0 Å². The second-order valence-corrected chi connectivity index (χ2v) is 4.65. The summed E-state index contributed by atoms with van der Waals surface area (Å²) in [4.78, 5) is 11.6. The number of carbonyl (C=O) groups excluding carboxylic acids is 1. The molecule has 0 aromatic carbocycles. The van der Waals surface area contributed by atoms with Crippen LogP contribution in [-0.4, -0.2) is 5.97 Å². The van der Waals surface area contributed by atoms with Crippen LogP contribution in [0, 0.1) is 11.8 Å². The minimum atomic E-state index is -0.0521. The van der Waals surface area contributed by atoms with Crippen molar-refractivity contribution < 1.29 is 9.53 Å². The number of unbranched alkanes of at least 4 members (excludes halogenated alkanes) is 1. The Morgan fingerprint density at radius 3 is 2.81 bits per heavy atom. The highest BCUT2D eigenvalue weighted by molar-refractivity contribution is 5.71. The van der Waals surface area contributed by atoms with Crippen LogP contribution in [0.5, 0.6) is 0 Å². The fraction of sp³-hybridized carbons (Fsp3) is 0.643. The third-order valence-electron chi connectivity index (χ3n) is 3.52. The number of esters is 1. The first-order chi connectivity index (χ1) is 7.76. The molecule has 0 aromatic rings. The zero-order valence-corrected chi connectivity index (χ0v) is 10.2. The maximum atomic E-state index is 11.6. The second-order valence-electron chi connectivity index (χ2n) is 4.65. The highest BCUT2D eigenvalue weighted by Crippen LogP contribution is 2.45. The van der Waals surface area contributed by atoms with Gasteiger partial charge in [0.2, 0.25) is 0 Å². The van der Waals surface area contributed by atoms with Gasteiger partial charge in [0.15, 0.2) is 0 Å². The molecule has 0 aromatic heterocycles. The van der Waals surface area contributed by atoms with E-state index in [0.29, 0.717) is 18.3 Å². The van der Waals surface area contributed by atoms with E-state index in [1.807, 2.05) is 0 Å². The van der Waals surface area contributed by atoms with E-state index in [9.17, 15) is 4.79 Å². The molecule has 2 aliphatic carbocycles. The minimum Gasteiger partial charge on any atom is -0.430 e. The van der Waals surface area contributed by atoms with E-state index < -0.39 is 0 Å². The number of carbonyl (C=O) groups is 1. The largest absolute Gasteiger partial charge is 0.430 e. The molecule has 0 radical (unpaired) electrons. The Balaban J connectivity index is 1.98. The van der Waals surface area contributed by atoms with E-state index in [0.717, 1.165) is 31.4 Å². The number of ether oxygens (including phenoxy) is 1. The molecule has 0 N–H and O–H groups in total. The first-order valence-electron chi connectivity index (χ1n) is 6.38. The Hall–Kier alpha value is -1.05. The molecule has 2 rings (SSSR count). The number of hydrogen-bond donors (Lipinski definition) is 0. The number of rotatable bonds is 5. The third-order valence-corrected chi connectivity index (χ3v) is 3.52. The predicted octanol–water partition coefficient (Wildman–Crippen LogP) is 3.59. The van der Waals surface area contributed by atoms with Crippen molar-refractivity contribution in [3.05, 3.63) is 23.5 Å². The van der Waals surface area contributed by atoms with Crippen LogP contribution in [0.1, 0.15) is 46.0 Å². The summed E-state index contributed by atoms with van der Waals surface area (Å²) in [6.45, 7) is 4.23. The van der Waals surface area contributed by atoms with Crippen LogP contribution in [0.25, 0.3) is 0 Å². The predicted molar refractivity (Wildman–Crippen MR) is 63.7 cm³/mol. The van der Waals surface area contributed by atoms with Gasteiger partial charge in [-0.1, -0.05) is 32.4 Å². The van der Waals surface area contributed by atoms with Gasteiger partial charge >= 0.3 is 5.97 Å². The lowest BCUT2D eigenvalue weighted by atomic mass is 10.0. The summed E-state index contributed by atoms with van der Waals surface area (Å²) in [5.74, 6) is 1.84.